The van der Waals surface area contributed by atoms with Crippen LogP contribution in [0.15, 0.2) is 48.5 Å². The fraction of sp³-hybridized carbons (Fsp3) is 0.458. The highest BCUT2D eigenvalue weighted by molar-refractivity contribution is 5.89. The van der Waals surface area contributed by atoms with Gasteiger partial charge in [0.05, 0.1) is 18.3 Å². The summed E-state index contributed by atoms with van der Waals surface area (Å²) < 4.78 is 10.5. The van der Waals surface area contributed by atoms with Crippen molar-refractivity contribution in [1.82, 2.24) is 0 Å². The van der Waals surface area contributed by atoms with Gasteiger partial charge in [0.2, 0.25) is 0 Å². The van der Waals surface area contributed by atoms with E-state index in [-0.39, 0.29) is 18.6 Å². The molecule has 2 aromatic carbocycles. The molecule has 2 unspecified atom stereocenters. The standard InChI is InChI=1S/C24H32O6/c1-24(2,3)19-9-4-17(5-10-19)6-11-20(26)15-29-22-12-7-18(8-13-22)23(28)30-16-21(27)14-25/h4-5,7-10,12-13,20-21,25-27H,6,11,14-16H2,1-3H3. The summed E-state index contributed by atoms with van der Waals surface area (Å²) in [7, 11) is 0. The number of hydrogen-bond donors (Lipinski definition) is 3. The first-order valence-electron chi connectivity index (χ1n) is 10.2. The van der Waals surface area contributed by atoms with Crippen molar-refractivity contribution in [2.45, 2.75) is 51.2 Å². The molecule has 2 rings (SSSR count). The van der Waals surface area contributed by atoms with E-state index in [4.69, 9.17) is 14.6 Å². The van der Waals surface area contributed by atoms with Crippen molar-refractivity contribution in [2.24, 2.45) is 0 Å². The Kier molecular flexibility index (Phi) is 8.84. The molecule has 30 heavy (non-hydrogen) atoms. The van der Waals surface area contributed by atoms with Crippen LogP contribution in [0.25, 0.3) is 0 Å². The first-order chi connectivity index (χ1) is 14.2. The van der Waals surface area contributed by atoms with Gasteiger partial charge in [-0.1, -0.05) is 45.0 Å². The van der Waals surface area contributed by atoms with Gasteiger partial charge < -0.3 is 24.8 Å². The van der Waals surface area contributed by atoms with E-state index < -0.39 is 24.8 Å². The van der Waals surface area contributed by atoms with Gasteiger partial charge in [-0.2, -0.15) is 0 Å². The molecule has 0 heterocycles. The van der Waals surface area contributed by atoms with Gasteiger partial charge in [0.25, 0.3) is 0 Å². The summed E-state index contributed by atoms with van der Waals surface area (Å²) in [5, 5.41) is 28.1. The zero-order valence-electron chi connectivity index (χ0n) is 17.9. The number of rotatable bonds is 10. The third kappa shape index (κ3) is 7.78. The summed E-state index contributed by atoms with van der Waals surface area (Å²) in [5.41, 5.74) is 2.90. The van der Waals surface area contributed by atoms with Gasteiger partial charge in [-0.3, -0.25) is 0 Å². The Hall–Kier alpha value is -2.41. The molecule has 2 aromatic rings. The lowest BCUT2D eigenvalue weighted by Crippen LogP contribution is -2.22. The van der Waals surface area contributed by atoms with Crippen molar-refractivity contribution in [2.75, 3.05) is 19.8 Å². The third-order valence-corrected chi connectivity index (χ3v) is 4.74. The highest BCUT2D eigenvalue weighted by Crippen LogP contribution is 2.22. The van der Waals surface area contributed by atoms with E-state index in [1.165, 1.54) is 11.1 Å². The van der Waals surface area contributed by atoms with Gasteiger partial charge >= 0.3 is 5.97 Å². The molecule has 0 aliphatic heterocycles. The first-order valence-corrected chi connectivity index (χ1v) is 10.2. The SMILES string of the molecule is CC(C)(C)c1ccc(CCC(O)COc2ccc(C(=O)OCC(O)CO)cc2)cc1. The number of carbonyl (C=O) groups excluding carboxylic acids is 1. The van der Waals surface area contributed by atoms with Crippen molar-refractivity contribution >= 4 is 5.97 Å². The number of aliphatic hydroxyl groups is 3. The van der Waals surface area contributed by atoms with E-state index in [9.17, 15) is 15.0 Å². The topological polar surface area (TPSA) is 96.2 Å². The molecule has 0 aromatic heterocycles. The van der Waals surface area contributed by atoms with E-state index in [0.29, 0.717) is 17.7 Å². The Balaban J connectivity index is 1.75. The molecule has 0 amide bonds. The number of hydrogen-bond acceptors (Lipinski definition) is 6. The minimum absolute atomic E-state index is 0.124. The molecule has 164 valence electrons. The van der Waals surface area contributed by atoms with E-state index in [2.05, 4.69) is 45.0 Å². The van der Waals surface area contributed by atoms with E-state index in [1.807, 2.05) is 0 Å². The number of ether oxygens (including phenoxy) is 2. The number of benzene rings is 2. The highest BCUT2D eigenvalue weighted by Gasteiger charge is 2.14. The van der Waals surface area contributed by atoms with Crippen LogP contribution in [-0.2, 0) is 16.6 Å². The summed E-state index contributed by atoms with van der Waals surface area (Å²) in [6, 6.07) is 14.8. The maximum absolute atomic E-state index is 11.8. The zero-order chi connectivity index (χ0) is 22.1. The predicted molar refractivity (Wildman–Crippen MR) is 115 cm³/mol. The number of carbonyl (C=O) groups is 1. The largest absolute Gasteiger partial charge is 0.491 e. The number of aliphatic hydroxyl groups excluding tert-OH is 3. The Bertz CT molecular complexity index is 777. The quantitative estimate of drug-likeness (QED) is 0.516. The fourth-order valence-corrected chi connectivity index (χ4v) is 2.78. The van der Waals surface area contributed by atoms with Gasteiger partial charge in [-0.05, 0) is 53.6 Å². The van der Waals surface area contributed by atoms with Crippen LogP contribution in [0.1, 0.15) is 48.7 Å². The third-order valence-electron chi connectivity index (χ3n) is 4.74. The molecule has 0 aliphatic carbocycles. The smallest absolute Gasteiger partial charge is 0.338 e. The molecule has 0 saturated carbocycles. The molecule has 0 radical (unpaired) electrons. The molecule has 0 spiro atoms. The van der Waals surface area contributed by atoms with Crippen LogP contribution in [0.2, 0.25) is 0 Å². The van der Waals surface area contributed by atoms with Crippen molar-refractivity contribution < 1.29 is 29.6 Å². The van der Waals surface area contributed by atoms with Crippen molar-refractivity contribution in [1.29, 1.82) is 0 Å². The van der Waals surface area contributed by atoms with Crippen LogP contribution in [0.3, 0.4) is 0 Å². The fourth-order valence-electron chi connectivity index (χ4n) is 2.78. The lowest BCUT2D eigenvalue weighted by atomic mass is 9.86. The molecule has 0 fully saturated rings. The summed E-state index contributed by atoms with van der Waals surface area (Å²) >= 11 is 0. The van der Waals surface area contributed by atoms with Crippen molar-refractivity contribution in [3.05, 3.63) is 65.2 Å². The Morgan fingerprint density at radius 2 is 1.57 bits per heavy atom. The Morgan fingerprint density at radius 1 is 0.933 bits per heavy atom. The maximum Gasteiger partial charge on any atom is 0.338 e. The molecule has 0 saturated heterocycles. The lowest BCUT2D eigenvalue weighted by molar-refractivity contribution is 0.00932. The second kappa shape index (κ2) is 11.1. The molecule has 2 atom stereocenters. The molecule has 6 nitrogen and oxygen atoms in total. The summed E-state index contributed by atoms with van der Waals surface area (Å²) in [5.74, 6) is -0.0536. The van der Waals surface area contributed by atoms with E-state index >= 15 is 0 Å². The van der Waals surface area contributed by atoms with Crippen molar-refractivity contribution in [3.63, 3.8) is 0 Å². The molecular formula is C24H32O6. The van der Waals surface area contributed by atoms with Crippen LogP contribution in [0.4, 0.5) is 0 Å². The van der Waals surface area contributed by atoms with Crippen molar-refractivity contribution in [3.8, 4) is 5.75 Å². The average Bonchev–Trinajstić information content (AvgIpc) is 2.74. The van der Waals surface area contributed by atoms with Crippen LogP contribution in [0, 0.1) is 0 Å². The second-order valence-electron chi connectivity index (χ2n) is 8.41. The van der Waals surface area contributed by atoms with Crippen LogP contribution < -0.4 is 4.74 Å². The highest BCUT2D eigenvalue weighted by atomic mass is 16.5. The average molecular weight is 417 g/mol. The number of esters is 1. The molecule has 0 bridgehead atoms. The Labute approximate surface area is 178 Å². The molecule has 6 heteroatoms. The second-order valence-corrected chi connectivity index (χ2v) is 8.41. The summed E-state index contributed by atoms with van der Waals surface area (Å²) in [4.78, 5) is 11.8. The molecule has 3 N–H and O–H groups in total. The minimum atomic E-state index is -1.09. The van der Waals surface area contributed by atoms with Gasteiger partial charge in [-0.25, -0.2) is 4.79 Å². The predicted octanol–water partition coefficient (Wildman–Crippen LogP) is 2.87. The maximum atomic E-state index is 11.8. The number of aryl methyl sites for hydroxylation is 1. The Morgan fingerprint density at radius 3 is 2.13 bits per heavy atom. The van der Waals surface area contributed by atoms with E-state index in [0.717, 1.165) is 6.42 Å². The summed E-state index contributed by atoms with van der Waals surface area (Å²) in [6.45, 7) is 5.97. The molecular weight excluding hydrogens is 384 g/mol. The summed E-state index contributed by atoms with van der Waals surface area (Å²) in [6.07, 6.45) is -0.335. The van der Waals surface area contributed by atoms with Gasteiger partial charge in [0.1, 0.15) is 25.1 Å². The van der Waals surface area contributed by atoms with Crippen LogP contribution >= 0.6 is 0 Å². The lowest BCUT2D eigenvalue weighted by Gasteiger charge is -2.19. The monoisotopic (exact) mass is 416 g/mol. The van der Waals surface area contributed by atoms with Crippen LogP contribution in [-0.4, -0.2) is 53.3 Å². The van der Waals surface area contributed by atoms with Crippen LogP contribution in [0.5, 0.6) is 5.75 Å². The van der Waals surface area contributed by atoms with E-state index in [1.54, 1.807) is 24.3 Å². The van der Waals surface area contributed by atoms with Gasteiger partial charge in [0.15, 0.2) is 0 Å². The normalized spacial score (nSPS) is 13.5. The first kappa shape index (κ1) is 23.9. The van der Waals surface area contributed by atoms with Gasteiger partial charge in [-0.15, -0.1) is 0 Å². The molecule has 0 aliphatic rings. The zero-order valence-corrected chi connectivity index (χ0v) is 17.9. The minimum Gasteiger partial charge on any atom is -0.491 e. The van der Waals surface area contributed by atoms with Gasteiger partial charge in [0, 0.05) is 0 Å².